The lowest BCUT2D eigenvalue weighted by Crippen LogP contribution is -2.37. The largest absolute Gasteiger partial charge is 0.444 e. The molecule has 7 heteroatoms. The van der Waals surface area contributed by atoms with Crippen molar-refractivity contribution in [3.63, 3.8) is 0 Å². The molecule has 128 valence electrons. The molecule has 3 amide bonds. The lowest BCUT2D eigenvalue weighted by atomic mass is 10.1. The fraction of sp³-hybridized carbons (Fsp3) is 0.800. The van der Waals surface area contributed by atoms with Crippen LogP contribution in [-0.4, -0.2) is 43.1 Å². The van der Waals surface area contributed by atoms with Gasteiger partial charge in [0, 0.05) is 32.5 Å². The summed E-state index contributed by atoms with van der Waals surface area (Å²) < 4.78 is 5.05. The van der Waals surface area contributed by atoms with Gasteiger partial charge in [0.2, 0.25) is 11.8 Å². The van der Waals surface area contributed by atoms with E-state index in [0.717, 1.165) is 0 Å². The summed E-state index contributed by atoms with van der Waals surface area (Å²) in [7, 11) is 0. The number of rotatable bonds is 8. The first kappa shape index (κ1) is 20.2. The highest BCUT2D eigenvalue weighted by molar-refractivity contribution is 5.77. The van der Waals surface area contributed by atoms with Gasteiger partial charge in [-0.15, -0.1) is 0 Å². The maximum atomic E-state index is 11.5. The van der Waals surface area contributed by atoms with Crippen LogP contribution >= 0.6 is 0 Å². The molecule has 22 heavy (non-hydrogen) atoms. The molecule has 3 N–H and O–H groups in total. The Kier molecular flexibility index (Phi) is 9.21. The summed E-state index contributed by atoms with van der Waals surface area (Å²) in [6.07, 6.45) is 0.105. The van der Waals surface area contributed by atoms with Crippen LogP contribution in [0.3, 0.4) is 0 Å². The van der Waals surface area contributed by atoms with Gasteiger partial charge in [-0.2, -0.15) is 0 Å². The number of alkyl carbamates (subject to hydrolysis) is 1. The summed E-state index contributed by atoms with van der Waals surface area (Å²) >= 11 is 0. The average molecular weight is 315 g/mol. The predicted molar refractivity (Wildman–Crippen MR) is 84.3 cm³/mol. The van der Waals surface area contributed by atoms with E-state index >= 15 is 0 Å². The first-order valence-corrected chi connectivity index (χ1v) is 7.60. The van der Waals surface area contributed by atoms with E-state index < -0.39 is 11.7 Å². The molecule has 0 aromatic heterocycles. The topological polar surface area (TPSA) is 96.5 Å². The molecule has 0 unspecified atom stereocenters. The third-order valence-corrected chi connectivity index (χ3v) is 2.38. The molecule has 0 saturated heterocycles. The first-order valence-electron chi connectivity index (χ1n) is 7.60. The van der Waals surface area contributed by atoms with Crippen molar-refractivity contribution >= 4 is 17.9 Å². The van der Waals surface area contributed by atoms with Crippen LogP contribution < -0.4 is 16.0 Å². The lowest BCUT2D eigenvalue weighted by Gasteiger charge is -2.19. The van der Waals surface area contributed by atoms with E-state index in [9.17, 15) is 14.4 Å². The second-order valence-corrected chi connectivity index (χ2v) is 6.48. The van der Waals surface area contributed by atoms with E-state index in [0.29, 0.717) is 25.4 Å². The third-order valence-electron chi connectivity index (χ3n) is 2.38. The molecule has 0 heterocycles. The minimum atomic E-state index is -0.555. The molecule has 7 nitrogen and oxygen atoms in total. The second kappa shape index (κ2) is 10.0. The van der Waals surface area contributed by atoms with E-state index in [4.69, 9.17) is 4.74 Å². The van der Waals surface area contributed by atoms with Crippen LogP contribution in [0.25, 0.3) is 0 Å². The molecule has 0 saturated carbocycles. The molecule has 0 aromatic carbocycles. The number of hydrogen-bond donors (Lipinski definition) is 3. The van der Waals surface area contributed by atoms with Crippen molar-refractivity contribution in [2.45, 2.75) is 53.1 Å². The standard InChI is InChI=1S/C15H29N3O4/c1-11(2)10-13(20)17-9-8-16-12(19)6-7-18-14(21)22-15(3,4)5/h11H,6-10H2,1-5H3,(H,16,19)(H,17,20)(H,18,21). The average Bonchev–Trinajstić information content (AvgIpc) is 2.31. The molecule has 0 fully saturated rings. The molecule has 0 aliphatic carbocycles. The summed E-state index contributed by atoms with van der Waals surface area (Å²) in [6, 6.07) is 0. The zero-order valence-electron chi connectivity index (χ0n) is 14.2. The Labute approximate surface area is 132 Å². The maximum absolute atomic E-state index is 11.5. The summed E-state index contributed by atoms with van der Waals surface area (Å²) in [5.41, 5.74) is -0.555. The molecule has 0 spiro atoms. The third kappa shape index (κ3) is 13.2. The van der Waals surface area contributed by atoms with Gasteiger partial charge < -0.3 is 20.7 Å². The monoisotopic (exact) mass is 315 g/mol. The quantitative estimate of drug-likeness (QED) is 0.586. The predicted octanol–water partition coefficient (Wildman–Crippen LogP) is 1.18. The maximum Gasteiger partial charge on any atom is 0.407 e. The second-order valence-electron chi connectivity index (χ2n) is 6.48. The van der Waals surface area contributed by atoms with Gasteiger partial charge in [-0.1, -0.05) is 13.8 Å². The summed E-state index contributed by atoms with van der Waals surface area (Å²) in [4.78, 5) is 34.2. The van der Waals surface area contributed by atoms with E-state index in [1.807, 2.05) is 13.8 Å². The number of amides is 3. The van der Waals surface area contributed by atoms with Crippen molar-refractivity contribution in [1.82, 2.24) is 16.0 Å². The molecule has 0 aliphatic rings. The molecular weight excluding hydrogens is 286 g/mol. The number of nitrogens with one attached hydrogen (secondary N) is 3. The highest BCUT2D eigenvalue weighted by atomic mass is 16.6. The van der Waals surface area contributed by atoms with Crippen LogP contribution in [0.2, 0.25) is 0 Å². The van der Waals surface area contributed by atoms with Gasteiger partial charge in [0.1, 0.15) is 5.60 Å². The van der Waals surface area contributed by atoms with Gasteiger partial charge in [0.05, 0.1) is 0 Å². The zero-order valence-corrected chi connectivity index (χ0v) is 14.2. The van der Waals surface area contributed by atoms with Crippen LogP contribution in [0.5, 0.6) is 0 Å². The van der Waals surface area contributed by atoms with Crippen molar-refractivity contribution in [2.75, 3.05) is 19.6 Å². The van der Waals surface area contributed by atoms with Crippen LogP contribution in [0, 0.1) is 5.92 Å². The lowest BCUT2D eigenvalue weighted by molar-refractivity contribution is -0.123. The Morgan fingerprint density at radius 1 is 0.909 bits per heavy atom. The van der Waals surface area contributed by atoms with Crippen LogP contribution in [-0.2, 0) is 14.3 Å². The zero-order chi connectivity index (χ0) is 17.2. The Bertz CT molecular complexity index is 375. The van der Waals surface area contributed by atoms with Gasteiger partial charge >= 0.3 is 6.09 Å². The van der Waals surface area contributed by atoms with E-state index in [1.54, 1.807) is 20.8 Å². The van der Waals surface area contributed by atoms with E-state index in [1.165, 1.54) is 0 Å². The highest BCUT2D eigenvalue weighted by Gasteiger charge is 2.15. The molecule has 0 radical (unpaired) electrons. The Balaban J connectivity index is 3.63. The minimum Gasteiger partial charge on any atom is -0.444 e. The number of carbonyl (C=O) groups is 3. The molecule has 0 bridgehead atoms. The van der Waals surface area contributed by atoms with Gasteiger partial charge in [-0.3, -0.25) is 9.59 Å². The number of hydrogen-bond acceptors (Lipinski definition) is 4. The van der Waals surface area contributed by atoms with Crippen molar-refractivity contribution in [1.29, 1.82) is 0 Å². The Morgan fingerprint density at radius 2 is 1.45 bits per heavy atom. The molecule has 0 rings (SSSR count). The highest BCUT2D eigenvalue weighted by Crippen LogP contribution is 2.06. The normalized spacial score (nSPS) is 11.0. The van der Waals surface area contributed by atoms with E-state index in [2.05, 4.69) is 16.0 Å². The van der Waals surface area contributed by atoms with Crippen molar-refractivity contribution in [3.05, 3.63) is 0 Å². The van der Waals surface area contributed by atoms with E-state index in [-0.39, 0.29) is 24.8 Å². The van der Waals surface area contributed by atoms with Crippen molar-refractivity contribution in [2.24, 2.45) is 5.92 Å². The SMILES string of the molecule is CC(C)CC(=O)NCCNC(=O)CCNC(=O)OC(C)(C)C. The summed E-state index contributed by atoms with van der Waals surface area (Å²) in [5.74, 6) is 0.110. The van der Waals surface area contributed by atoms with Gasteiger partial charge in [0.15, 0.2) is 0 Å². The minimum absolute atomic E-state index is 0.0177. The first-order chi connectivity index (χ1) is 10.1. The fourth-order valence-corrected chi connectivity index (χ4v) is 1.53. The molecular formula is C15H29N3O4. The Morgan fingerprint density at radius 3 is 1.95 bits per heavy atom. The molecule has 0 aliphatic heterocycles. The van der Waals surface area contributed by atoms with Crippen LogP contribution in [0.4, 0.5) is 4.79 Å². The van der Waals surface area contributed by atoms with Crippen LogP contribution in [0.15, 0.2) is 0 Å². The summed E-state index contributed by atoms with van der Waals surface area (Å²) in [6.45, 7) is 10.2. The number of ether oxygens (including phenoxy) is 1. The molecule has 0 atom stereocenters. The summed E-state index contributed by atoms with van der Waals surface area (Å²) in [5, 5.41) is 7.90. The Hall–Kier alpha value is -1.79. The van der Waals surface area contributed by atoms with Gasteiger partial charge in [-0.05, 0) is 26.7 Å². The molecule has 0 aromatic rings. The van der Waals surface area contributed by atoms with Crippen molar-refractivity contribution in [3.8, 4) is 0 Å². The van der Waals surface area contributed by atoms with Gasteiger partial charge in [-0.25, -0.2) is 4.79 Å². The smallest absolute Gasteiger partial charge is 0.407 e. The van der Waals surface area contributed by atoms with Crippen LogP contribution in [0.1, 0.15) is 47.5 Å². The number of carbonyl (C=O) groups excluding carboxylic acids is 3. The van der Waals surface area contributed by atoms with Gasteiger partial charge in [0.25, 0.3) is 0 Å². The fourth-order valence-electron chi connectivity index (χ4n) is 1.53. The van der Waals surface area contributed by atoms with Crippen molar-refractivity contribution < 1.29 is 19.1 Å².